The second kappa shape index (κ2) is 4.95. The summed E-state index contributed by atoms with van der Waals surface area (Å²) < 4.78 is 0. The summed E-state index contributed by atoms with van der Waals surface area (Å²) in [6, 6.07) is 4.70. The lowest BCUT2D eigenvalue weighted by molar-refractivity contribution is 0.459. The molecule has 18 heavy (non-hydrogen) atoms. The van der Waals surface area contributed by atoms with E-state index >= 15 is 0 Å². The van der Waals surface area contributed by atoms with Crippen LogP contribution in [-0.2, 0) is 0 Å². The minimum atomic E-state index is 0.763. The van der Waals surface area contributed by atoms with E-state index in [2.05, 4.69) is 31.3 Å². The summed E-state index contributed by atoms with van der Waals surface area (Å²) in [5.41, 5.74) is 5.86. The smallest absolute Gasteiger partial charge is 0.0406 e. The van der Waals surface area contributed by atoms with Crippen molar-refractivity contribution in [3.05, 3.63) is 28.8 Å². The van der Waals surface area contributed by atoms with Crippen molar-refractivity contribution in [2.45, 2.75) is 58.3 Å². The average molecular weight is 243 g/mol. The molecule has 1 unspecified atom stereocenters. The Morgan fingerprint density at radius 3 is 2.67 bits per heavy atom. The highest BCUT2D eigenvalue weighted by Crippen LogP contribution is 2.39. The summed E-state index contributed by atoms with van der Waals surface area (Å²) in [5, 5.41) is 3.62. The molecule has 0 spiro atoms. The lowest BCUT2D eigenvalue weighted by atomic mass is 9.89. The maximum atomic E-state index is 3.62. The van der Waals surface area contributed by atoms with Crippen LogP contribution in [0, 0.1) is 19.8 Å². The third kappa shape index (κ3) is 2.28. The van der Waals surface area contributed by atoms with Crippen LogP contribution in [0.25, 0.3) is 0 Å². The summed E-state index contributed by atoms with van der Waals surface area (Å²) in [7, 11) is 0. The molecule has 1 nitrogen and oxygen atoms in total. The molecule has 1 N–H and O–H groups in total. The van der Waals surface area contributed by atoms with Gasteiger partial charge < -0.3 is 5.32 Å². The molecule has 1 saturated carbocycles. The van der Waals surface area contributed by atoms with E-state index in [0.29, 0.717) is 0 Å². The molecule has 1 aliphatic carbocycles. The predicted octanol–water partition coefficient (Wildman–Crippen LogP) is 4.78. The van der Waals surface area contributed by atoms with Crippen LogP contribution in [0.3, 0.4) is 0 Å². The molecule has 0 radical (unpaired) electrons. The molecule has 1 heterocycles. The number of hydrogen-bond donors (Lipinski definition) is 1. The Morgan fingerprint density at radius 2 is 1.89 bits per heavy atom. The first-order valence-corrected chi connectivity index (χ1v) is 7.59. The van der Waals surface area contributed by atoms with Crippen LogP contribution >= 0.6 is 0 Å². The summed E-state index contributed by atoms with van der Waals surface area (Å²) >= 11 is 0. The molecule has 0 saturated heterocycles. The van der Waals surface area contributed by atoms with Gasteiger partial charge in [-0.25, -0.2) is 0 Å². The van der Waals surface area contributed by atoms with Gasteiger partial charge in [0.15, 0.2) is 0 Å². The maximum Gasteiger partial charge on any atom is 0.0406 e. The first-order chi connectivity index (χ1) is 8.74. The van der Waals surface area contributed by atoms with Crippen molar-refractivity contribution >= 4 is 5.69 Å². The molecule has 1 aromatic carbocycles. The Labute approximate surface area is 111 Å². The highest BCUT2D eigenvalue weighted by Gasteiger charge is 2.25. The van der Waals surface area contributed by atoms with Gasteiger partial charge in [0.05, 0.1) is 0 Å². The van der Waals surface area contributed by atoms with Crippen molar-refractivity contribution in [3.63, 3.8) is 0 Å². The van der Waals surface area contributed by atoms with E-state index in [9.17, 15) is 0 Å². The Bertz CT molecular complexity index is 429. The van der Waals surface area contributed by atoms with Crippen LogP contribution in [0.2, 0.25) is 0 Å². The highest BCUT2D eigenvalue weighted by molar-refractivity contribution is 5.63. The number of anilines is 1. The molecular formula is C17H25N. The fraction of sp³-hybridized carbons (Fsp3) is 0.647. The zero-order valence-electron chi connectivity index (χ0n) is 11.8. The predicted molar refractivity (Wildman–Crippen MR) is 78.3 cm³/mol. The number of nitrogens with one attached hydrogen (secondary N) is 1. The maximum absolute atomic E-state index is 3.62. The van der Waals surface area contributed by atoms with Crippen molar-refractivity contribution in [1.29, 1.82) is 0 Å². The zero-order valence-corrected chi connectivity index (χ0v) is 11.8. The van der Waals surface area contributed by atoms with Gasteiger partial charge >= 0.3 is 0 Å². The second-order valence-corrected chi connectivity index (χ2v) is 6.35. The van der Waals surface area contributed by atoms with Crippen molar-refractivity contribution in [2.75, 3.05) is 11.9 Å². The Hall–Kier alpha value is -0.980. The van der Waals surface area contributed by atoms with Crippen LogP contribution in [0.1, 0.15) is 61.1 Å². The van der Waals surface area contributed by atoms with Gasteiger partial charge in [-0.05, 0) is 43.7 Å². The average Bonchev–Trinajstić information content (AvgIpc) is 2.94. The van der Waals surface area contributed by atoms with Gasteiger partial charge in [0.2, 0.25) is 0 Å². The van der Waals surface area contributed by atoms with Gasteiger partial charge in [-0.15, -0.1) is 0 Å². The SMILES string of the molecule is Cc1cc(C)c2c(c1)C(CCC1CCCC1)CN2. The summed E-state index contributed by atoms with van der Waals surface area (Å²) in [6.45, 7) is 5.62. The molecule has 1 atom stereocenters. The molecule has 2 aliphatic rings. The fourth-order valence-corrected chi connectivity index (χ4v) is 3.89. The molecular weight excluding hydrogens is 218 g/mol. The number of aryl methyl sites for hydroxylation is 2. The number of hydrogen-bond acceptors (Lipinski definition) is 1. The fourth-order valence-electron chi connectivity index (χ4n) is 3.89. The molecule has 0 amide bonds. The molecule has 1 aromatic rings. The Kier molecular flexibility index (Phi) is 3.32. The molecule has 0 bridgehead atoms. The summed E-state index contributed by atoms with van der Waals surface area (Å²) in [6.07, 6.45) is 8.75. The quantitative estimate of drug-likeness (QED) is 0.805. The van der Waals surface area contributed by atoms with Gasteiger partial charge in [-0.2, -0.15) is 0 Å². The molecule has 1 aliphatic heterocycles. The zero-order chi connectivity index (χ0) is 12.5. The monoisotopic (exact) mass is 243 g/mol. The van der Waals surface area contributed by atoms with Gasteiger partial charge in [-0.1, -0.05) is 43.4 Å². The summed E-state index contributed by atoms with van der Waals surface area (Å²) in [5.74, 6) is 1.79. The minimum Gasteiger partial charge on any atom is -0.384 e. The third-order valence-corrected chi connectivity index (χ3v) is 4.87. The molecule has 0 aromatic heterocycles. The third-order valence-electron chi connectivity index (χ3n) is 4.87. The van der Waals surface area contributed by atoms with Crippen LogP contribution in [0.5, 0.6) is 0 Å². The van der Waals surface area contributed by atoms with Crippen LogP contribution < -0.4 is 5.32 Å². The van der Waals surface area contributed by atoms with Gasteiger partial charge in [0.25, 0.3) is 0 Å². The topological polar surface area (TPSA) is 12.0 Å². The van der Waals surface area contributed by atoms with E-state index in [1.807, 2.05) is 0 Å². The highest BCUT2D eigenvalue weighted by atomic mass is 14.9. The first kappa shape index (κ1) is 12.1. The second-order valence-electron chi connectivity index (χ2n) is 6.35. The lowest BCUT2D eigenvalue weighted by Crippen LogP contribution is -2.04. The first-order valence-electron chi connectivity index (χ1n) is 7.59. The molecule has 3 rings (SSSR count). The van der Waals surface area contributed by atoms with E-state index in [1.165, 1.54) is 55.3 Å². The van der Waals surface area contributed by atoms with Crippen molar-refractivity contribution in [3.8, 4) is 0 Å². The van der Waals surface area contributed by atoms with Gasteiger partial charge in [0, 0.05) is 18.2 Å². The van der Waals surface area contributed by atoms with E-state index in [1.54, 1.807) is 5.56 Å². The molecule has 1 heteroatoms. The van der Waals surface area contributed by atoms with Crippen LogP contribution in [-0.4, -0.2) is 6.54 Å². The van der Waals surface area contributed by atoms with E-state index in [-0.39, 0.29) is 0 Å². The van der Waals surface area contributed by atoms with E-state index < -0.39 is 0 Å². The molecule has 1 fully saturated rings. The minimum absolute atomic E-state index is 0.763. The van der Waals surface area contributed by atoms with Crippen molar-refractivity contribution in [1.82, 2.24) is 0 Å². The largest absolute Gasteiger partial charge is 0.384 e. The van der Waals surface area contributed by atoms with Crippen molar-refractivity contribution in [2.24, 2.45) is 5.92 Å². The number of fused-ring (bicyclic) bond motifs is 1. The number of benzene rings is 1. The van der Waals surface area contributed by atoms with E-state index in [0.717, 1.165) is 18.4 Å². The van der Waals surface area contributed by atoms with Crippen molar-refractivity contribution < 1.29 is 0 Å². The van der Waals surface area contributed by atoms with Gasteiger partial charge in [-0.3, -0.25) is 0 Å². The lowest BCUT2D eigenvalue weighted by Gasteiger charge is -2.14. The Morgan fingerprint density at radius 1 is 1.11 bits per heavy atom. The van der Waals surface area contributed by atoms with Crippen LogP contribution in [0.4, 0.5) is 5.69 Å². The van der Waals surface area contributed by atoms with E-state index in [4.69, 9.17) is 0 Å². The Balaban J connectivity index is 1.69. The standard InChI is InChI=1S/C17H25N/c1-12-9-13(2)17-16(10-12)15(11-18-17)8-7-14-5-3-4-6-14/h9-10,14-15,18H,3-8,11H2,1-2H3. The van der Waals surface area contributed by atoms with Crippen LogP contribution in [0.15, 0.2) is 12.1 Å². The summed E-state index contributed by atoms with van der Waals surface area (Å²) in [4.78, 5) is 0. The number of rotatable bonds is 3. The molecule has 98 valence electrons. The van der Waals surface area contributed by atoms with Gasteiger partial charge in [0.1, 0.15) is 0 Å². The normalized spacial score (nSPS) is 23.1.